The molecule has 0 amide bonds. The zero-order chi connectivity index (χ0) is 34.4. The summed E-state index contributed by atoms with van der Waals surface area (Å²) in [5, 5.41) is 7.34. The number of hydrogen-bond acceptors (Lipinski definition) is 1. The van der Waals surface area contributed by atoms with Crippen LogP contribution >= 0.6 is 0 Å². The Hall–Kier alpha value is -6.90. The molecule has 0 saturated heterocycles. The van der Waals surface area contributed by atoms with Crippen molar-refractivity contribution in [3.63, 3.8) is 0 Å². The fraction of sp³-hybridized carbons (Fsp3) is 0. The normalized spacial score (nSPS) is 11.5. The third-order valence-electron chi connectivity index (χ3n) is 10.3. The summed E-state index contributed by atoms with van der Waals surface area (Å²) in [7, 11) is 0. The fourth-order valence-corrected chi connectivity index (χ4v) is 7.97. The summed E-state index contributed by atoms with van der Waals surface area (Å²) in [6.45, 7) is 0. The second-order valence-electron chi connectivity index (χ2n) is 13.4. The Morgan fingerprint density at radius 2 is 0.942 bits per heavy atom. The highest BCUT2D eigenvalue weighted by atomic mass is 15.2. The van der Waals surface area contributed by atoms with E-state index >= 15 is 0 Å². The van der Waals surface area contributed by atoms with Gasteiger partial charge in [0.1, 0.15) is 0 Å². The highest BCUT2D eigenvalue weighted by Gasteiger charge is 2.24. The molecule has 10 rings (SSSR count). The monoisotopic (exact) mass is 662 g/mol. The standard InChI is InChI=1S/C50H34N2/c1-2-17-37(18-3-1)42-21-8-11-24-45(42)51(41-32-31-36-16-5-7-20-39(36)34-41)48-27-14-28-49-50(48)44-23-10-13-26-47(44)52(49)46-25-12-9-22-43(46)40-30-29-35-15-4-6-19-38(35)33-40/h1-34H. The molecule has 0 radical (unpaired) electrons. The average molecular weight is 663 g/mol. The molecule has 244 valence electrons. The Balaban J connectivity index is 1.27. The summed E-state index contributed by atoms with van der Waals surface area (Å²) < 4.78 is 2.46. The van der Waals surface area contributed by atoms with Crippen molar-refractivity contribution in [1.29, 1.82) is 0 Å². The van der Waals surface area contributed by atoms with Crippen molar-refractivity contribution in [2.24, 2.45) is 0 Å². The summed E-state index contributed by atoms with van der Waals surface area (Å²) in [5.74, 6) is 0. The number of fused-ring (bicyclic) bond motifs is 5. The molecule has 0 bridgehead atoms. The summed E-state index contributed by atoms with van der Waals surface area (Å²) >= 11 is 0. The zero-order valence-corrected chi connectivity index (χ0v) is 28.5. The number of aromatic nitrogens is 1. The number of rotatable bonds is 6. The van der Waals surface area contributed by atoms with E-state index in [1.807, 2.05) is 0 Å². The Morgan fingerprint density at radius 1 is 0.346 bits per heavy atom. The minimum atomic E-state index is 1.11. The average Bonchev–Trinajstić information content (AvgIpc) is 3.56. The van der Waals surface area contributed by atoms with Gasteiger partial charge in [0.25, 0.3) is 0 Å². The van der Waals surface area contributed by atoms with E-state index in [0.29, 0.717) is 0 Å². The summed E-state index contributed by atoms with van der Waals surface area (Å²) in [4.78, 5) is 2.46. The highest BCUT2D eigenvalue weighted by molar-refractivity contribution is 6.17. The van der Waals surface area contributed by atoms with Gasteiger partial charge in [-0.3, -0.25) is 0 Å². The van der Waals surface area contributed by atoms with Gasteiger partial charge in [-0.1, -0.05) is 158 Å². The molecule has 0 atom stereocenters. The fourth-order valence-electron chi connectivity index (χ4n) is 7.97. The molecule has 2 heteroatoms. The molecule has 0 spiro atoms. The number of nitrogens with zero attached hydrogens (tertiary/aromatic N) is 2. The lowest BCUT2D eigenvalue weighted by Gasteiger charge is -2.29. The molecule has 10 aromatic rings. The summed E-state index contributed by atoms with van der Waals surface area (Å²) in [6.07, 6.45) is 0. The Labute approximate surface area is 303 Å². The number of anilines is 3. The minimum Gasteiger partial charge on any atom is -0.309 e. The number of para-hydroxylation sites is 3. The molecular formula is C50H34N2. The van der Waals surface area contributed by atoms with Crippen molar-refractivity contribution in [3.05, 3.63) is 206 Å². The first-order chi connectivity index (χ1) is 25.8. The van der Waals surface area contributed by atoms with E-state index in [1.165, 1.54) is 60.1 Å². The first-order valence-corrected chi connectivity index (χ1v) is 17.9. The lowest BCUT2D eigenvalue weighted by Crippen LogP contribution is -2.11. The highest BCUT2D eigenvalue weighted by Crippen LogP contribution is 2.47. The van der Waals surface area contributed by atoms with Gasteiger partial charge in [0.05, 0.1) is 28.1 Å². The molecule has 0 N–H and O–H groups in total. The van der Waals surface area contributed by atoms with Gasteiger partial charge in [0.2, 0.25) is 0 Å². The smallest absolute Gasteiger partial charge is 0.0562 e. The molecule has 9 aromatic carbocycles. The molecule has 0 saturated carbocycles. The van der Waals surface area contributed by atoms with Crippen LogP contribution in [0.4, 0.5) is 17.1 Å². The van der Waals surface area contributed by atoms with Gasteiger partial charge in [-0.05, 0) is 81.2 Å². The zero-order valence-electron chi connectivity index (χ0n) is 28.5. The van der Waals surface area contributed by atoms with Gasteiger partial charge >= 0.3 is 0 Å². The number of hydrogen-bond donors (Lipinski definition) is 0. The maximum atomic E-state index is 2.46. The SMILES string of the molecule is c1ccc(-c2ccccc2N(c2ccc3ccccc3c2)c2cccc3c2c2ccccc2n3-c2ccccc2-c2ccc3ccccc3c2)cc1. The largest absolute Gasteiger partial charge is 0.309 e. The molecular weight excluding hydrogens is 629 g/mol. The van der Waals surface area contributed by atoms with Crippen LogP contribution in [0.3, 0.4) is 0 Å². The van der Waals surface area contributed by atoms with Gasteiger partial charge in [0, 0.05) is 27.6 Å². The van der Waals surface area contributed by atoms with Gasteiger partial charge in [-0.25, -0.2) is 0 Å². The molecule has 0 aliphatic carbocycles. The van der Waals surface area contributed by atoms with E-state index in [1.54, 1.807) is 0 Å². The summed E-state index contributed by atoms with van der Waals surface area (Å²) in [5.41, 5.74) is 11.6. The third-order valence-corrected chi connectivity index (χ3v) is 10.3. The van der Waals surface area contributed by atoms with Crippen LogP contribution in [0.5, 0.6) is 0 Å². The molecule has 2 nitrogen and oxygen atoms in total. The Bertz CT molecular complexity index is 2920. The Morgan fingerprint density at radius 3 is 1.77 bits per heavy atom. The van der Waals surface area contributed by atoms with Crippen LogP contribution in [-0.2, 0) is 0 Å². The quantitative estimate of drug-likeness (QED) is 0.172. The number of benzene rings is 9. The van der Waals surface area contributed by atoms with E-state index in [4.69, 9.17) is 0 Å². The van der Waals surface area contributed by atoms with Crippen molar-refractivity contribution in [2.45, 2.75) is 0 Å². The van der Waals surface area contributed by atoms with Gasteiger partial charge < -0.3 is 9.47 Å². The van der Waals surface area contributed by atoms with Crippen LogP contribution in [0.1, 0.15) is 0 Å². The molecule has 1 heterocycles. The van der Waals surface area contributed by atoms with Crippen molar-refractivity contribution in [1.82, 2.24) is 4.57 Å². The predicted molar refractivity (Wildman–Crippen MR) is 221 cm³/mol. The minimum absolute atomic E-state index is 1.11. The summed E-state index contributed by atoms with van der Waals surface area (Å²) in [6, 6.07) is 74.8. The van der Waals surface area contributed by atoms with Crippen LogP contribution in [0.15, 0.2) is 206 Å². The molecule has 0 aliphatic rings. The van der Waals surface area contributed by atoms with Crippen LogP contribution in [0.25, 0.3) is 71.3 Å². The van der Waals surface area contributed by atoms with E-state index in [9.17, 15) is 0 Å². The lowest BCUT2D eigenvalue weighted by atomic mass is 9.99. The molecule has 1 aromatic heterocycles. The van der Waals surface area contributed by atoms with Gasteiger partial charge in [-0.2, -0.15) is 0 Å². The molecule has 52 heavy (non-hydrogen) atoms. The topological polar surface area (TPSA) is 8.17 Å². The second kappa shape index (κ2) is 12.5. The van der Waals surface area contributed by atoms with Gasteiger partial charge in [0.15, 0.2) is 0 Å². The second-order valence-corrected chi connectivity index (χ2v) is 13.4. The van der Waals surface area contributed by atoms with Crippen molar-refractivity contribution in [3.8, 4) is 27.9 Å². The first-order valence-electron chi connectivity index (χ1n) is 17.9. The molecule has 0 unspecified atom stereocenters. The molecule has 0 fully saturated rings. The maximum absolute atomic E-state index is 2.46. The van der Waals surface area contributed by atoms with E-state index in [0.717, 1.165) is 28.3 Å². The Kier molecular flexibility index (Phi) is 7.18. The van der Waals surface area contributed by atoms with Crippen molar-refractivity contribution < 1.29 is 0 Å². The van der Waals surface area contributed by atoms with Gasteiger partial charge in [-0.15, -0.1) is 0 Å². The first kappa shape index (κ1) is 30.0. The van der Waals surface area contributed by atoms with E-state index < -0.39 is 0 Å². The van der Waals surface area contributed by atoms with Crippen LogP contribution < -0.4 is 4.90 Å². The molecule has 0 aliphatic heterocycles. The van der Waals surface area contributed by atoms with Crippen molar-refractivity contribution >= 4 is 60.4 Å². The third kappa shape index (κ3) is 4.96. The van der Waals surface area contributed by atoms with Crippen LogP contribution in [0.2, 0.25) is 0 Å². The van der Waals surface area contributed by atoms with Crippen LogP contribution in [0, 0.1) is 0 Å². The predicted octanol–water partition coefficient (Wildman–Crippen LogP) is 13.9. The maximum Gasteiger partial charge on any atom is 0.0562 e. The van der Waals surface area contributed by atoms with E-state index in [-0.39, 0.29) is 0 Å². The van der Waals surface area contributed by atoms with Crippen molar-refractivity contribution in [2.75, 3.05) is 4.90 Å². The van der Waals surface area contributed by atoms with E-state index in [2.05, 4.69) is 216 Å². The lowest BCUT2D eigenvalue weighted by molar-refractivity contribution is 1.18. The van der Waals surface area contributed by atoms with Crippen LogP contribution in [-0.4, -0.2) is 4.57 Å².